The van der Waals surface area contributed by atoms with Crippen LogP contribution in [-0.4, -0.2) is 14.8 Å². The Balaban J connectivity index is 2.70. The maximum atomic E-state index is 13.5. The second-order valence-corrected chi connectivity index (χ2v) is 3.09. The molecule has 0 aliphatic rings. The molecule has 0 aliphatic carbocycles. The molecule has 0 spiro atoms. The Hall–Kier alpha value is -2.11. The lowest BCUT2D eigenvalue weighted by atomic mass is 10.2. The van der Waals surface area contributed by atoms with Crippen molar-refractivity contribution in [2.45, 2.75) is 0 Å². The number of nitrogen functional groups attached to an aromatic ring is 1. The van der Waals surface area contributed by atoms with Gasteiger partial charge in [0.2, 0.25) is 0 Å². The van der Waals surface area contributed by atoms with Gasteiger partial charge in [-0.3, -0.25) is 4.79 Å². The Morgan fingerprint density at radius 2 is 2.33 bits per heavy atom. The highest BCUT2D eigenvalue weighted by Crippen LogP contribution is 2.21. The number of hydrogen-bond donors (Lipinski definition) is 2. The summed E-state index contributed by atoms with van der Waals surface area (Å²) < 4.78 is 14.7. The third-order valence-corrected chi connectivity index (χ3v) is 2.11. The maximum absolute atomic E-state index is 13.5. The third kappa shape index (κ3) is 1.39. The van der Waals surface area contributed by atoms with Gasteiger partial charge in [-0.1, -0.05) is 0 Å². The molecule has 0 fully saturated rings. The first-order valence-electron chi connectivity index (χ1n) is 4.26. The number of aromatic nitrogens is 3. The maximum Gasteiger partial charge on any atom is 0.193 e. The Morgan fingerprint density at radius 1 is 1.60 bits per heavy atom. The van der Waals surface area contributed by atoms with Crippen LogP contribution < -0.4 is 11.2 Å². The summed E-state index contributed by atoms with van der Waals surface area (Å²) >= 11 is 0. The van der Waals surface area contributed by atoms with E-state index in [0.29, 0.717) is 0 Å². The van der Waals surface area contributed by atoms with Crippen LogP contribution in [0.4, 0.5) is 10.2 Å². The molecular formula is C9H9FN4O. The Bertz CT molecular complexity index is 557. The summed E-state index contributed by atoms with van der Waals surface area (Å²) in [6.07, 6.45) is 2.86. The molecule has 5 nitrogen and oxygen atoms in total. The van der Waals surface area contributed by atoms with E-state index in [1.165, 1.54) is 30.2 Å². The number of aryl methyl sites for hydroxylation is 1. The normalized spacial score (nSPS) is 10.5. The molecule has 2 aromatic rings. The van der Waals surface area contributed by atoms with E-state index in [-0.39, 0.29) is 22.5 Å². The summed E-state index contributed by atoms with van der Waals surface area (Å²) in [5.41, 5.74) is 5.24. The Labute approximate surface area is 84.3 Å². The standard InChI is InChI=1S/C9H9FN4O/c1-14-9(11)7(10)8(13-14)5-4-12-3-2-6(5)15/h2-4H,11H2,1H3,(H,12,15). The number of anilines is 1. The van der Waals surface area contributed by atoms with Crippen molar-refractivity contribution < 1.29 is 4.39 Å². The number of nitrogens with one attached hydrogen (secondary N) is 1. The minimum Gasteiger partial charge on any atom is -0.381 e. The van der Waals surface area contributed by atoms with E-state index in [2.05, 4.69) is 10.1 Å². The zero-order valence-electron chi connectivity index (χ0n) is 7.99. The van der Waals surface area contributed by atoms with Crippen LogP contribution in [0.15, 0.2) is 23.3 Å². The fraction of sp³-hybridized carbons (Fsp3) is 0.111. The molecule has 0 amide bonds. The number of nitrogens with zero attached hydrogens (tertiary/aromatic N) is 2. The zero-order chi connectivity index (χ0) is 11.0. The number of hydrogen-bond acceptors (Lipinski definition) is 3. The largest absolute Gasteiger partial charge is 0.381 e. The molecule has 2 heterocycles. The van der Waals surface area contributed by atoms with Gasteiger partial charge in [-0.15, -0.1) is 0 Å². The third-order valence-electron chi connectivity index (χ3n) is 2.11. The average molecular weight is 208 g/mol. The monoisotopic (exact) mass is 208 g/mol. The van der Waals surface area contributed by atoms with Crippen LogP contribution in [0.3, 0.4) is 0 Å². The summed E-state index contributed by atoms with van der Waals surface area (Å²) in [6, 6.07) is 1.31. The SMILES string of the molecule is Cn1nc(-c2c[nH]ccc2=O)c(F)c1N. The highest BCUT2D eigenvalue weighted by Gasteiger charge is 2.16. The molecule has 6 heteroatoms. The van der Waals surface area contributed by atoms with Gasteiger partial charge < -0.3 is 10.7 Å². The topological polar surface area (TPSA) is 76.7 Å². The van der Waals surface area contributed by atoms with E-state index in [1.54, 1.807) is 0 Å². The van der Waals surface area contributed by atoms with Crippen molar-refractivity contribution in [3.05, 3.63) is 34.5 Å². The van der Waals surface area contributed by atoms with Gasteiger partial charge in [-0.25, -0.2) is 9.07 Å². The Morgan fingerprint density at radius 3 is 2.87 bits per heavy atom. The van der Waals surface area contributed by atoms with Crippen molar-refractivity contribution in [1.82, 2.24) is 14.8 Å². The summed E-state index contributed by atoms with van der Waals surface area (Å²) in [5.74, 6) is -0.762. The van der Waals surface area contributed by atoms with Crippen LogP contribution in [0.25, 0.3) is 11.3 Å². The molecule has 0 unspecified atom stereocenters. The first-order valence-corrected chi connectivity index (χ1v) is 4.26. The quantitative estimate of drug-likeness (QED) is 0.716. The van der Waals surface area contributed by atoms with Crippen molar-refractivity contribution in [2.75, 3.05) is 5.73 Å². The summed E-state index contributed by atoms with van der Waals surface area (Å²) in [7, 11) is 1.51. The molecule has 0 bridgehead atoms. The van der Waals surface area contributed by atoms with Gasteiger partial charge in [-0.05, 0) is 0 Å². The molecule has 3 N–H and O–H groups in total. The van der Waals surface area contributed by atoms with Crippen LogP contribution in [0.1, 0.15) is 0 Å². The number of aromatic amines is 1. The van der Waals surface area contributed by atoms with Crippen LogP contribution in [0.2, 0.25) is 0 Å². The van der Waals surface area contributed by atoms with Crippen LogP contribution in [-0.2, 0) is 7.05 Å². The number of nitrogens with two attached hydrogens (primary N) is 1. The molecule has 2 aromatic heterocycles. The van der Waals surface area contributed by atoms with Gasteiger partial charge in [0, 0.05) is 25.5 Å². The number of pyridine rings is 1. The van der Waals surface area contributed by atoms with E-state index < -0.39 is 5.82 Å². The highest BCUT2D eigenvalue weighted by atomic mass is 19.1. The fourth-order valence-corrected chi connectivity index (χ4v) is 1.28. The van der Waals surface area contributed by atoms with Crippen molar-refractivity contribution in [3.63, 3.8) is 0 Å². The lowest BCUT2D eigenvalue weighted by molar-refractivity contribution is 0.633. The van der Waals surface area contributed by atoms with Crippen molar-refractivity contribution >= 4 is 5.82 Å². The van der Waals surface area contributed by atoms with E-state index in [4.69, 9.17) is 5.73 Å². The molecule has 0 aromatic carbocycles. The molecular weight excluding hydrogens is 199 g/mol. The Kier molecular flexibility index (Phi) is 2.03. The first-order chi connectivity index (χ1) is 7.11. The van der Waals surface area contributed by atoms with Gasteiger partial charge in [-0.2, -0.15) is 5.10 Å². The molecule has 0 atom stereocenters. The summed E-state index contributed by atoms with van der Waals surface area (Å²) in [5, 5.41) is 3.84. The van der Waals surface area contributed by atoms with Crippen LogP contribution in [0, 0.1) is 5.82 Å². The van der Waals surface area contributed by atoms with Crippen LogP contribution >= 0.6 is 0 Å². The number of H-pyrrole nitrogens is 1. The smallest absolute Gasteiger partial charge is 0.193 e. The van der Waals surface area contributed by atoms with Gasteiger partial charge in [0.15, 0.2) is 17.1 Å². The molecule has 0 saturated heterocycles. The first kappa shape index (κ1) is 9.45. The second-order valence-electron chi connectivity index (χ2n) is 3.09. The van der Waals surface area contributed by atoms with E-state index in [0.717, 1.165) is 0 Å². The van der Waals surface area contributed by atoms with Crippen molar-refractivity contribution in [3.8, 4) is 11.3 Å². The predicted molar refractivity (Wildman–Crippen MR) is 53.6 cm³/mol. The van der Waals surface area contributed by atoms with Crippen molar-refractivity contribution in [2.24, 2.45) is 7.05 Å². The minimum absolute atomic E-state index is 0.0307. The number of halogens is 1. The second kappa shape index (κ2) is 3.23. The summed E-state index contributed by atoms with van der Waals surface area (Å²) in [6.45, 7) is 0. The van der Waals surface area contributed by atoms with E-state index in [1.807, 2.05) is 0 Å². The highest BCUT2D eigenvalue weighted by molar-refractivity contribution is 5.62. The van der Waals surface area contributed by atoms with E-state index in [9.17, 15) is 9.18 Å². The zero-order valence-corrected chi connectivity index (χ0v) is 7.99. The van der Waals surface area contributed by atoms with Crippen LogP contribution in [0.5, 0.6) is 0 Å². The summed E-state index contributed by atoms with van der Waals surface area (Å²) in [4.78, 5) is 14.1. The molecule has 2 rings (SSSR count). The predicted octanol–water partition coefficient (Wildman–Crippen LogP) is 0.497. The van der Waals surface area contributed by atoms with Crippen molar-refractivity contribution in [1.29, 1.82) is 0 Å². The molecule has 0 radical (unpaired) electrons. The molecule has 78 valence electrons. The van der Waals surface area contributed by atoms with Gasteiger partial charge in [0.25, 0.3) is 0 Å². The molecule has 0 saturated carbocycles. The van der Waals surface area contributed by atoms with Gasteiger partial charge in [0.1, 0.15) is 5.69 Å². The molecule has 15 heavy (non-hydrogen) atoms. The van der Waals surface area contributed by atoms with Gasteiger partial charge in [0.05, 0.1) is 5.56 Å². The average Bonchev–Trinajstić information content (AvgIpc) is 2.47. The lowest BCUT2D eigenvalue weighted by Gasteiger charge is -1.93. The molecule has 0 aliphatic heterocycles. The van der Waals surface area contributed by atoms with Gasteiger partial charge >= 0.3 is 0 Å². The number of rotatable bonds is 1. The lowest BCUT2D eigenvalue weighted by Crippen LogP contribution is -2.04. The minimum atomic E-state index is -0.672. The van der Waals surface area contributed by atoms with E-state index >= 15 is 0 Å². The fourth-order valence-electron chi connectivity index (χ4n) is 1.28.